The highest BCUT2D eigenvalue weighted by atomic mass is 16.5. The Bertz CT molecular complexity index is 805. The Morgan fingerprint density at radius 3 is 2.81 bits per heavy atom. The molecule has 3 aromatic rings. The topological polar surface area (TPSA) is 44.1 Å². The fraction of sp³-hybridized carbons (Fsp3) is 0.176. The van der Waals surface area contributed by atoms with E-state index in [9.17, 15) is 4.79 Å². The Balaban J connectivity index is 2.00. The molecular formula is C17H16N2O2. The van der Waals surface area contributed by atoms with Gasteiger partial charge in [-0.2, -0.15) is 5.10 Å². The highest BCUT2D eigenvalue weighted by Crippen LogP contribution is 2.25. The maximum Gasteiger partial charge on any atom is 0.185 e. The number of methoxy groups -OCH3 is 1. The molecule has 0 aliphatic heterocycles. The minimum atomic E-state index is 0.0605. The number of hydrogen-bond donors (Lipinski definition) is 0. The first-order valence-corrected chi connectivity index (χ1v) is 6.76. The van der Waals surface area contributed by atoms with Crippen molar-refractivity contribution in [2.24, 2.45) is 7.05 Å². The van der Waals surface area contributed by atoms with Crippen molar-refractivity contribution >= 4 is 16.6 Å². The van der Waals surface area contributed by atoms with Crippen molar-refractivity contribution in [1.82, 2.24) is 9.78 Å². The van der Waals surface area contributed by atoms with Crippen molar-refractivity contribution in [2.75, 3.05) is 7.11 Å². The van der Waals surface area contributed by atoms with Gasteiger partial charge in [-0.1, -0.05) is 24.3 Å². The van der Waals surface area contributed by atoms with Gasteiger partial charge in [-0.05, 0) is 34.5 Å². The lowest BCUT2D eigenvalue weighted by atomic mass is 9.99. The van der Waals surface area contributed by atoms with Crippen LogP contribution in [0.4, 0.5) is 0 Å². The molecule has 1 aromatic heterocycles. The summed E-state index contributed by atoms with van der Waals surface area (Å²) in [6.45, 7) is 0. The van der Waals surface area contributed by atoms with Gasteiger partial charge in [0.15, 0.2) is 5.78 Å². The van der Waals surface area contributed by atoms with E-state index < -0.39 is 0 Å². The van der Waals surface area contributed by atoms with Crippen LogP contribution in [0.1, 0.15) is 16.1 Å². The lowest BCUT2D eigenvalue weighted by molar-refractivity contribution is 0.0984. The number of nitrogens with zero attached hydrogens (tertiary/aromatic N) is 2. The second kappa shape index (κ2) is 5.40. The summed E-state index contributed by atoms with van der Waals surface area (Å²) < 4.78 is 6.88. The van der Waals surface area contributed by atoms with E-state index in [0.29, 0.717) is 12.1 Å². The molecule has 4 heteroatoms. The number of aromatic nitrogens is 2. The molecule has 0 bridgehead atoms. The van der Waals surface area contributed by atoms with Gasteiger partial charge in [0.05, 0.1) is 7.11 Å². The minimum absolute atomic E-state index is 0.0605. The maximum atomic E-state index is 12.4. The van der Waals surface area contributed by atoms with E-state index in [2.05, 4.69) is 5.10 Å². The first-order valence-electron chi connectivity index (χ1n) is 6.76. The number of aryl methyl sites for hydroxylation is 1. The van der Waals surface area contributed by atoms with Crippen LogP contribution < -0.4 is 4.74 Å². The van der Waals surface area contributed by atoms with Gasteiger partial charge in [0, 0.05) is 19.7 Å². The van der Waals surface area contributed by atoms with Crippen molar-refractivity contribution in [1.29, 1.82) is 0 Å². The summed E-state index contributed by atoms with van der Waals surface area (Å²) >= 11 is 0. The van der Waals surface area contributed by atoms with Crippen LogP contribution in [0.25, 0.3) is 10.8 Å². The third kappa shape index (κ3) is 2.52. The molecule has 1 heterocycles. The Kier molecular flexibility index (Phi) is 3.44. The molecule has 2 aromatic carbocycles. The predicted octanol–water partition coefficient (Wildman–Crippen LogP) is 3.01. The van der Waals surface area contributed by atoms with Gasteiger partial charge in [0.25, 0.3) is 0 Å². The highest BCUT2D eigenvalue weighted by molar-refractivity contribution is 5.99. The van der Waals surface area contributed by atoms with Crippen molar-refractivity contribution in [3.63, 3.8) is 0 Å². The average Bonchev–Trinajstić information content (AvgIpc) is 2.93. The number of ketones is 1. The zero-order chi connectivity index (χ0) is 14.8. The fourth-order valence-corrected chi connectivity index (χ4v) is 2.51. The third-order valence-electron chi connectivity index (χ3n) is 3.64. The van der Waals surface area contributed by atoms with Crippen LogP contribution in [-0.4, -0.2) is 22.7 Å². The predicted molar refractivity (Wildman–Crippen MR) is 81.7 cm³/mol. The molecule has 0 radical (unpaired) electrons. The first-order chi connectivity index (χ1) is 10.2. The van der Waals surface area contributed by atoms with E-state index in [-0.39, 0.29) is 5.78 Å². The normalized spacial score (nSPS) is 10.8. The fourth-order valence-electron chi connectivity index (χ4n) is 2.51. The van der Waals surface area contributed by atoms with Crippen LogP contribution in [0.2, 0.25) is 0 Å². The van der Waals surface area contributed by atoms with Crippen LogP contribution in [0.15, 0.2) is 48.7 Å². The zero-order valence-electron chi connectivity index (χ0n) is 12.0. The molecule has 0 aliphatic carbocycles. The summed E-state index contributed by atoms with van der Waals surface area (Å²) in [5, 5.41) is 6.20. The molecule has 0 unspecified atom stereocenters. The van der Waals surface area contributed by atoms with Gasteiger partial charge in [0.1, 0.15) is 11.4 Å². The molecule has 106 valence electrons. The van der Waals surface area contributed by atoms with Crippen LogP contribution in [0.5, 0.6) is 5.75 Å². The molecule has 0 atom stereocenters. The van der Waals surface area contributed by atoms with Crippen LogP contribution in [0.3, 0.4) is 0 Å². The molecule has 0 saturated carbocycles. The summed E-state index contributed by atoms with van der Waals surface area (Å²) in [5.41, 5.74) is 1.62. The largest absolute Gasteiger partial charge is 0.497 e. The number of benzene rings is 2. The summed E-state index contributed by atoms with van der Waals surface area (Å²) in [7, 11) is 3.42. The van der Waals surface area contributed by atoms with Crippen LogP contribution in [-0.2, 0) is 13.5 Å². The smallest absolute Gasteiger partial charge is 0.185 e. The van der Waals surface area contributed by atoms with Crippen molar-refractivity contribution < 1.29 is 9.53 Å². The van der Waals surface area contributed by atoms with E-state index in [4.69, 9.17) is 4.74 Å². The lowest BCUT2D eigenvalue weighted by Crippen LogP contribution is -2.09. The Morgan fingerprint density at radius 1 is 1.24 bits per heavy atom. The Hall–Kier alpha value is -2.62. The van der Waals surface area contributed by atoms with Gasteiger partial charge in [-0.25, -0.2) is 0 Å². The molecule has 0 N–H and O–H groups in total. The second-order valence-corrected chi connectivity index (χ2v) is 4.94. The number of carbonyl (C=O) groups excluding carboxylic acids is 1. The standard InChI is InChI=1S/C17H16N2O2/c1-19-16(8-9-18-19)17(20)10-13-5-3-4-12-6-7-14(21-2)11-15(12)13/h3-9,11H,10H2,1-2H3. The minimum Gasteiger partial charge on any atom is -0.497 e. The summed E-state index contributed by atoms with van der Waals surface area (Å²) in [6, 6.07) is 13.6. The van der Waals surface area contributed by atoms with Gasteiger partial charge in [-0.3, -0.25) is 9.48 Å². The number of ether oxygens (including phenoxy) is 1. The van der Waals surface area contributed by atoms with Crippen molar-refractivity contribution in [2.45, 2.75) is 6.42 Å². The summed E-state index contributed by atoms with van der Waals surface area (Å²) in [6.07, 6.45) is 1.99. The number of fused-ring (bicyclic) bond motifs is 1. The monoisotopic (exact) mass is 280 g/mol. The highest BCUT2D eigenvalue weighted by Gasteiger charge is 2.12. The van der Waals surface area contributed by atoms with E-state index >= 15 is 0 Å². The van der Waals surface area contributed by atoms with Gasteiger partial charge in [-0.15, -0.1) is 0 Å². The molecule has 0 spiro atoms. The number of hydrogen-bond acceptors (Lipinski definition) is 3. The molecule has 0 amide bonds. The van der Waals surface area contributed by atoms with E-state index in [1.165, 1.54) is 0 Å². The third-order valence-corrected chi connectivity index (χ3v) is 3.64. The Labute approximate surface area is 123 Å². The SMILES string of the molecule is COc1ccc2cccc(CC(=O)c3ccnn3C)c2c1. The first kappa shape index (κ1) is 13.4. The molecule has 0 fully saturated rings. The maximum absolute atomic E-state index is 12.4. The zero-order valence-corrected chi connectivity index (χ0v) is 12.0. The number of Topliss-reactive ketones (excluding diaryl/α,β-unsaturated/α-hetero) is 1. The second-order valence-electron chi connectivity index (χ2n) is 4.94. The van der Waals surface area contributed by atoms with E-state index in [1.54, 1.807) is 31.1 Å². The molecular weight excluding hydrogens is 264 g/mol. The quantitative estimate of drug-likeness (QED) is 0.690. The van der Waals surface area contributed by atoms with Gasteiger partial charge < -0.3 is 4.74 Å². The van der Waals surface area contributed by atoms with E-state index in [1.807, 2.05) is 36.4 Å². The van der Waals surface area contributed by atoms with Gasteiger partial charge >= 0.3 is 0 Å². The summed E-state index contributed by atoms with van der Waals surface area (Å²) in [5.74, 6) is 0.855. The molecule has 4 nitrogen and oxygen atoms in total. The number of rotatable bonds is 4. The molecule has 21 heavy (non-hydrogen) atoms. The lowest BCUT2D eigenvalue weighted by Gasteiger charge is -2.08. The van der Waals surface area contributed by atoms with Crippen molar-refractivity contribution in [3.05, 3.63) is 59.9 Å². The summed E-state index contributed by atoms with van der Waals surface area (Å²) in [4.78, 5) is 12.4. The van der Waals surface area contributed by atoms with Crippen LogP contribution >= 0.6 is 0 Å². The molecule has 0 aliphatic rings. The number of carbonyl (C=O) groups is 1. The molecule has 0 saturated heterocycles. The average molecular weight is 280 g/mol. The Morgan fingerprint density at radius 2 is 2.10 bits per heavy atom. The van der Waals surface area contributed by atoms with E-state index in [0.717, 1.165) is 22.1 Å². The van der Waals surface area contributed by atoms with Crippen molar-refractivity contribution in [3.8, 4) is 5.75 Å². The van der Waals surface area contributed by atoms with Gasteiger partial charge in [0.2, 0.25) is 0 Å². The van der Waals surface area contributed by atoms with Crippen LogP contribution in [0, 0.1) is 0 Å². The molecule has 3 rings (SSSR count).